The minimum atomic E-state index is 1.15. The molecule has 0 saturated carbocycles. The molecule has 0 heterocycles. The van der Waals surface area contributed by atoms with Crippen molar-refractivity contribution in [2.75, 3.05) is 0 Å². The van der Waals surface area contributed by atoms with Crippen LogP contribution in [0.2, 0.25) is 0 Å². The van der Waals surface area contributed by atoms with E-state index in [1.165, 1.54) is 20.6 Å². The molecule has 0 N–H and O–H groups in total. The van der Waals surface area contributed by atoms with Crippen LogP contribution < -0.4 is 0 Å². The van der Waals surface area contributed by atoms with Crippen molar-refractivity contribution in [2.45, 2.75) is 9.79 Å². The van der Waals surface area contributed by atoms with E-state index in [9.17, 15) is 0 Å². The summed E-state index contributed by atoms with van der Waals surface area (Å²) in [6.07, 6.45) is 1.87. The van der Waals surface area contributed by atoms with E-state index >= 15 is 0 Å². The molecule has 92 valence electrons. The van der Waals surface area contributed by atoms with Gasteiger partial charge in [-0.3, -0.25) is 0 Å². The molecular weight excluding hydrogens is 248 g/mol. The molecule has 0 aliphatic rings. The lowest BCUT2D eigenvalue weighted by Crippen LogP contribution is -1.78. The molecule has 3 aromatic rings. The van der Waals surface area contributed by atoms with Crippen LogP contribution in [0.15, 0.2) is 83.1 Å². The largest absolute Gasteiger partial charge is 0.0985 e. The van der Waals surface area contributed by atoms with E-state index in [4.69, 9.17) is 0 Å². The summed E-state index contributed by atoms with van der Waals surface area (Å²) < 4.78 is 0. The Balaban J connectivity index is 1.98. The lowest BCUT2D eigenvalue weighted by molar-refractivity contribution is 1.43. The van der Waals surface area contributed by atoms with Gasteiger partial charge in [-0.05, 0) is 34.5 Å². The van der Waals surface area contributed by atoms with E-state index in [-0.39, 0.29) is 0 Å². The van der Waals surface area contributed by atoms with Gasteiger partial charge in [-0.25, -0.2) is 0 Å². The zero-order valence-electron chi connectivity index (χ0n) is 10.5. The van der Waals surface area contributed by atoms with Crippen LogP contribution in [-0.2, 0) is 0 Å². The second kappa shape index (κ2) is 5.33. The Morgan fingerprint density at radius 1 is 0.789 bits per heavy atom. The third-order valence-electron chi connectivity index (χ3n) is 3.09. The molecule has 0 bridgehead atoms. The highest BCUT2D eigenvalue weighted by Gasteiger charge is 2.02. The second-order valence-electron chi connectivity index (χ2n) is 4.35. The molecule has 0 aliphatic heterocycles. The topological polar surface area (TPSA) is 0 Å². The SMILES string of the molecule is C=Cc1ccc(Sc2cccc3ccccc23)cc1. The first-order chi connectivity index (χ1) is 9.36. The average molecular weight is 262 g/mol. The van der Waals surface area contributed by atoms with Gasteiger partial charge in [0.05, 0.1) is 0 Å². The van der Waals surface area contributed by atoms with Gasteiger partial charge in [0.15, 0.2) is 0 Å². The van der Waals surface area contributed by atoms with Crippen molar-refractivity contribution >= 4 is 28.6 Å². The zero-order chi connectivity index (χ0) is 13.1. The first kappa shape index (κ1) is 12.1. The number of fused-ring (bicyclic) bond motifs is 1. The lowest BCUT2D eigenvalue weighted by Gasteiger charge is -2.06. The molecular formula is C18H14S. The molecule has 0 radical (unpaired) electrons. The van der Waals surface area contributed by atoms with Gasteiger partial charge in [0.1, 0.15) is 0 Å². The molecule has 3 aromatic carbocycles. The van der Waals surface area contributed by atoms with Crippen molar-refractivity contribution in [3.05, 3.63) is 78.9 Å². The van der Waals surface area contributed by atoms with Crippen LogP contribution in [0.25, 0.3) is 16.8 Å². The highest BCUT2D eigenvalue weighted by atomic mass is 32.2. The van der Waals surface area contributed by atoms with Crippen LogP contribution >= 0.6 is 11.8 Å². The summed E-state index contributed by atoms with van der Waals surface area (Å²) in [6, 6.07) is 23.4. The fourth-order valence-electron chi connectivity index (χ4n) is 2.08. The third-order valence-corrected chi connectivity index (χ3v) is 4.18. The Morgan fingerprint density at radius 3 is 2.32 bits per heavy atom. The fourth-order valence-corrected chi connectivity index (χ4v) is 3.05. The minimum absolute atomic E-state index is 1.15. The normalized spacial score (nSPS) is 10.5. The highest BCUT2D eigenvalue weighted by Crippen LogP contribution is 2.33. The Morgan fingerprint density at radius 2 is 1.53 bits per heavy atom. The summed E-state index contributed by atoms with van der Waals surface area (Å²) in [5.74, 6) is 0. The van der Waals surface area contributed by atoms with Crippen molar-refractivity contribution < 1.29 is 0 Å². The van der Waals surface area contributed by atoms with Gasteiger partial charge in [-0.2, -0.15) is 0 Å². The summed E-state index contributed by atoms with van der Waals surface area (Å²) in [5, 5.41) is 2.60. The van der Waals surface area contributed by atoms with Gasteiger partial charge in [0.2, 0.25) is 0 Å². The maximum absolute atomic E-state index is 3.78. The van der Waals surface area contributed by atoms with Crippen molar-refractivity contribution in [2.24, 2.45) is 0 Å². The zero-order valence-corrected chi connectivity index (χ0v) is 11.4. The molecule has 0 amide bonds. The lowest BCUT2D eigenvalue weighted by atomic mass is 10.1. The molecule has 0 spiro atoms. The first-order valence-corrected chi connectivity index (χ1v) is 7.06. The predicted octanol–water partition coefficient (Wildman–Crippen LogP) is 5.63. The molecule has 0 aliphatic carbocycles. The first-order valence-electron chi connectivity index (χ1n) is 6.25. The van der Waals surface area contributed by atoms with Gasteiger partial charge >= 0.3 is 0 Å². The number of hydrogen-bond donors (Lipinski definition) is 0. The van der Waals surface area contributed by atoms with Crippen molar-refractivity contribution in [3.63, 3.8) is 0 Å². The second-order valence-corrected chi connectivity index (χ2v) is 5.47. The van der Waals surface area contributed by atoms with Crippen LogP contribution in [0.3, 0.4) is 0 Å². The minimum Gasteiger partial charge on any atom is -0.0985 e. The smallest absolute Gasteiger partial charge is 0.0200 e. The van der Waals surface area contributed by atoms with Gasteiger partial charge in [-0.15, -0.1) is 0 Å². The molecule has 1 heteroatoms. The van der Waals surface area contributed by atoms with E-state index in [0.29, 0.717) is 0 Å². The molecule has 0 aromatic heterocycles. The average Bonchev–Trinajstić information content (AvgIpc) is 2.48. The van der Waals surface area contributed by atoms with Gasteiger partial charge in [0.25, 0.3) is 0 Å². The molecule has 0 atom stereocenters. The molecule has 19 heavy (non-hydrogen) atoms. The molecule has 0 unspecified atom stereocenters. The molecule has 0 fully saturated rings. The van der Waals surface area contributed by atoms with E-state index in [1.54, 1.807) is 11.8 Å². The number of hydrogen-bond acceptors (Lipinski definition) is 1. The standard InChI is InChI=1S/C18H14S/c1-2-14-10-12-16(13-11-14)19-18-9-5-7-15-6-3-4-8-17(15)18/h2-13H,1H2. The van der Waals surface area contributed by atoms with Gasteiger partial charge in [0, 0.05) is 9.79 Å². The highest BCUT2D eigenvalue weighted by molar-refractivity contribution is 7.99. The predicted molar refractivity (Wildman–Crippen MR) is 84.6 cm³/mol. The fraction of sp³-hybridized carbons (Fsp3) is 0. The van der Waals surface area contributed by atoms with Crippen LogP contribution in [-0.4, -0.2) is 0 Å². The summed E-state index contributed by atoms with van der Waals surface area (Å²) in [6.45, 7) is 3.78. The van der Waals surface area contributed by atoms with Crippen LogP contribution in [0.1, 0.15) is 5.56 Å². The summed E-state index contributed by atoms with van der Waals surface area (Å²) in [7, 11) is 0. The Hall–Kier alpha value is -1.99. The van der Waals surface area contributed by atoms with Gasteiger partial charge in [-0.1, -0.05) is 72.9 Å². The van der Waals surface area contributed by atoms with E-state index in [1.807, 2.05) is 6.08 Å². The van der Waals surface area contributed by atoms with E-state index in [2.05, 4.69) is 73.3 Å². The Bertz CT molecular complexity index is 706. The van der Waals surface area contributed by atoms with Crippen LogP contribution in [0.4, 0.5) is 0 Å². The van der Waals surface area contributed by atoms with Crippen molar-refractivity contribution in [1.29, 1.82) is 0 Å². The maximum atomic E-state index is 3.78. The van der Waals surface area contributed by atoms with Crippen molar-refractivity contribution in [1.82, 2.24) is 0 Å². The van der Waals surface area contributed by atoms with Crippen molar-refractivity contribution in [3.8, 4) is 0 Å². The van der Waals surface area contributed by atoms with E-state index < -0.39 is 0 Å². The van der Waals surface area contributed by atoms with Gasteiger partial charge < -0.3 is 0 Å². The monoisotopic (exact) mass is 262 g/mol. The Labute approximate surface area is 117 Å². The molecule has 3 rings (SSSR count). The number of benzene rings is 3. The van der Waals surface area contributed by atoms with Crippen LogP contribution in [0, 0.1) is 0 Å². The van der Waals surface area contributed by atoms with Crippen LogP contribution in [0.5, 0.6) is 0 Å². The summed E-state index contributed by atoms with van der Waals surface area (Å²) in [5.41, 5.74) is 1.15. The Kier molecular flexibility index (Phi) is 3.39. The molecule has 0 nitrogen and oxygen atoms in total. The maximum Gasteiger partial charge on any atom is 0.0200 e. The third kappa shape index (κ3) is 2.56. The molecule has 0 saturated heterocycles. The summed E-state index contributed by atoms with van der Waals surface area (Å²) in [4.78, 5) is 2.55. The summed E-state index contributed by atoms with van der Waals surface area (Å²) >= 11 is 1.80. The van der Waals surface area contributed by atoms with E-state index in [0.717, 1.165) is 5.56 Å². The number of rotatable bonds is 3. The quantitative estimate of drug-likeness (QED) is 0.589.